The van der Waals surface area contributed by atoms with Crippen molar-refractivity contribution in [1.82, 2.24) is 10.6 Å². The summed E-state index contributed by atoms with van der Waals surface area (Å²) in [6.45, 7) is 4.26. The monoisotopic (exact) mass is 1480 g/mol. The Morgan fingerprint density at radius 3 is 0.891 bits per heavy atom. The summed E-state index contributed by atoms with van der Waals surface area (Å²) in [7, 11) is 0. The third-order valence-corrected chi connectivity index (χ3v) is 19.4. The van der Waals surface area contributed by atoms with Crippen LogP contribution in [0.2, 0.25) is 0 Å². The van der Waals surface area contributed by atoms with Crippen LogP contribution in [-0.2, 0) is 90.1 Å². The van der Waals surface area contributed by atoms with E-state index in [2.05, 4.69) is 10.6 Å². The van der Waals surface area contributed by atoms with Crippen molar-refractivity contribution in [3.8, 4) is 0 Å². The van der Waals surface area contributed by atoms with Crippen molar-refractivity contribution in [3.05, 3.63) is 0 Å². The molecule has 2 amide bonds. The van der Waals surface area contributed by atoms with E-state index >= 15 is 0 Å². The SMILES string of the molecule is CC(=O)N[C@H]1[C@@H](O[C@@H]2[C@@H](O)[C@H](C)O[C@@H](O[C@H]3[C@H](O[C@H]4[C@@H](O[C@H]5[C@H](O)[C@@H](CO)O[C@H](O[C@@H]6[C@@H](O)[C@H](C)O[C@@H](O)[C@@H]6O)[C@@H]5NC(C)=O)O[C@H](CO)[C@H](O)[C@@H]4O)O[C@@H](C)[C@H](O)[C@H]3O)[C@@H]2O)O[C@H](CO)[C@@H](O)[C@@H]1O[C@H]1O[C@H](CO)[C@H](O)[C@H](O)[C@H]1O[C@@H]1O[C@@H](C)[C@H](O)[C@@H](O[C@@H]2O[C@@H](C)[C@H](O)[C@@H](O)[C@H]2O)[C@H]1O. The predicted molar refractivity (Wildman–Crippen MR) is 313 cm³/mol. The first kappa shape index (κ1) is 82.4. The van der Waals surface area contributed by atoms with Crippen molar-refractivity contribution >= 4 is 11.8 Å². The van der Waals surface area contributed by atoms with Gasteiger partial charge in [0, 0.05) is 13.8 Å². The Hall–Kier alpha value is -2.62. The molecule has 43 nitrogen and oxygen atoms in total. The molecule has 0 unspecified atom stereocenters. The van der Waals surface area contributed by atoms with Gasteiger partial charge in [0.25, 0.3) is 0 Å². The topological polar surface area (TPSA) is 660 Å². The number of carbonyl (C=O) groups excluding carboxylic acids is 2. The number of rotatable bonds is 22. The van der Waals surface area contributed by atoms with Gasteiger partial charge in [-0.3, -0.25) is 9.59 Å². The quantitative estimate of drug-likeness (QED) is 0.0479. The average molecular weight is 1480 g/mol. The number of hydrogen-bond acceptors (Lipinski definition) is 41. The number of hydrogen-bond donors (Lipinski definition) is 24. The minimum Gasteiger partial charge on any atom is -0.394 e. The molecule has 101 heavy (non-hydrogen) atoms. The molecule has 9 aliphatic rings. The maximum absolute atomic E-state index is 13.2. The Bertz CT molecular complexity index is 2610. The number of aliphatic hydroxyl groups excluding tert-OH is 22. The van der Waals surface area contributed by atoms with Crippen LogP contribution in [0.3, 0.4) is 0 Å². The summed E-state index contributed by atoms with van der Waals surface area (Å²) in [5.41, 5.74) is 0. The molecule has 0 spiro atoms. The minimum atomic E-state index is -2.31. The van der Waals surface area contributed by atoms with Gasteiger partial charge in [0.05, 0.1) is 56.9 Å². The van der Waals surface area contributed by atoms with Gasteiger partial charge in [0.15, 0.2) is 56.6 Å². The maximum atomic E-state index is 13.2. The number of nitrogens with one attached hydrogen (secondary N) is 2. The number of amides is 2. The average Bonchev–Trinajstić information content (AvgIpc) is 0.771. The molecule has 0 aromatic carbocycles. The molecule has 0 bridgehead atoms. The molecule has 9 rings (SSSR count). The highest BCUT2D eigenvalue weighted by Gasteiger charge is 2.61. The van der Waals surface area contributed by atoms with Gasteiger partial charge >= 0.3 is 0 Å². The molecule has 24 N–H and O–H groups in total. The van der Waals surface area contributed by atoms with Crippen molar-refractivity contribution < 1.29 is 202 Å². The largest absolute Gasteiger partial charge is 0.394 e. The first-order valence-corrected chi connectivity index (χ1v) is 32.9. The first-order valence-electron chi connectivity index (χ1n) is 32.9. The van der Waals surface area contributed by atoms with Crippen LogP contribution in [0, 0.1) is 0 Å². The van der Waals surface area contributed by atoms with Gasteiger partial charge in [0.1, 0.15) is 189 Å². The van der Waals surface area contributed by atoms with Crippen LogP contribution in [0.5, 0.6) is 0 Å². The molecular weight excluding hydrogens is 1380 g/mol. The standard InChI is InChI=1S/C58H98N2O41/c1-12-25(67)34(76)38(80)53(86-12)98-46-29(71)16(5)88-55(41(46)83)100-48-36(78)30(72)19(8-61)92-57(48)94-43-24(60-18(7)66)52(91-22(11-64)33(43)75)97-45-28(70)15(4)87-54(40(45)82)99-47-35(77)26(68)13(2)89-56(47)101-49-37(79)31(73)20(9-62)93-58(49)95-42-23(59-17(6)65)51(90-21(10-63)32(42)74)96-44-27(69)14(3)85-50(84)39(44)81/h12-16,19-58,61-64,67-84H,8-11H2,1-7H3,(H,59,65)(H,60,66)/t12-,13-,14-,15-,16-,19+,20+,21+,22+,23+,24+,25-,26-,27-,28-,29-,30-,31-,32+,33+,34+,35+,36-,37-,38+,39+,40+,41+,42+,43+,44+,45+,46+,47+,48+,49+,50+,51+,52+,53-,54-,55-,56-,57+,58+/m0/s1. The van der Waals surface area contributed by atoms with E-state index in [1.807, 2.05) is 0 Å². The minimum absolute atomic E-state index is 0.847. The van der Waals surface area contributed by atoms with Crippen molar-refractivity contribution in [3.63, 3.8) is 0 Å². The fraction of sp³-hybridized carbons (Fsp3) is 0.966. The highest BCUT2D eigenvalue weighted by atomic mass is 16.8. The summed E-state index contributed by atoms with van der Waals surface area (Å²) in [6, 6.07) is -3.64. The van der Waals surface area contributed by atoms with E-state index in [1.54, 1.807) is 0 Å². The lowest BCUT2D eigenvalue weighted by Crippen LogP contribution is -2.70. The Morgan fingerprint density at radius 2 is 0.515 bits per heavy atom. The molecule has 0 aromatic heterocycles. The molecule has 9 aliphatic heterocycles. The highest BCUT2D eigenvalue weighted by Crippen LogP contribution is 2.40. The Morgan fingerprint density at radius 1 is 0.257 bits per heavy atom. The molecule has 0 radical (unpaired) electrons. The lowest BCUT2D eigenvalue weighted by molar-refractivity contribution is -0.405. The van der Waals surface area contributed by atoms with Crippen LogP contribution >= 0.6 is 0 Å². The van der Waals surface area contributed by atoms with Gasteiger partial charge < -0.3 is 204 Å². The van der Waals surface area contributed by atoms with Crippen molar-refractivity contribution in [2.75, 3.05) is 26.4 Å². The lowest BCUT2D eigenvalue weighted by atomic mass is 9.94. The van der Waals surface area contributed by atoms with Gasteiger partial charge in [-0.1, -0.05) is 0 Å². The number of aliphatic hydroxyl groups is 22. The van der Waals surface area contributed by atoms with Crippen LogP contribution in [0.4, 0.5) is 0 Å². The van der Waals surface area contributed by atoms with Crippen LogP contribution in [0.25, 0.3) is 0 Å². The zero-order chi connectivity index (χ0) is 74.4. The maximum Gasteiger partial charge on any atom is 0.217 e. The normalized spacial score (nSPS) is 53.1. The van der Waals surface area contributed by atoms with Crippen LogP contribution in [0.15, 0.2) is 0 Å². The van der Waals surface area contributed by atoms with Crippen molar-refractivity contribution in [2.45, 2.75) is 325 Å². The second kappa shape index (κ2) is 34.7. The molecule has 9 saturated heterocycles. The van der Waals surface area contributed by atoms with E-state index in [-0.39, 0.29) is 0 Å². The van der Waals surface area contributed by atoms with E-state index in [1.165, 1.54) is 34.6 Å². The molecule has 9 fully saturated rings. The Balaban J connectivity index is 0.966. The summed E-state index contributed by atoms with van der Waals surface area (Å²) >= 11 is 0. The second-order valence-electron chi connectivity index (χ2n) is 26.6. The first-order chi connectivity index (χ1) is 47.6. The van der Waals surface area contributed by atoms with E-state index in [0.29, 0.717) is 0 Å². The summed E-state index contributed by atoms with van der Waals surface area (Å²) in [5.74, 6) is -1.77. The Labute approximate surface area is 574 Å². The van der Waals surface area contributed by atoms with Crippen LogP contribution < -0.4 is 10.6 Å². The Kier molecular flexibility index (Phi) is 28.3. The van der Waals surface area contributed by atoms with E-state index < -0.39 is 314 Å². The fourth-order valence-electron chi connectivity index (χ4n) is 13.4. The molecule has 0 aliphatic carbocycles. The van der Waals surface area contributed by atoms with Gasteiger partial charge in [-0.2, -0.15) is 0 Å². The van der Waals surface area contributed by atoms with E-state index in [0.717, 1.165) is 13.8 Å². The molecule has 9 heterocycles. The molecule has 586 valence electrons. The molecule has 43 heteroatoms. The van der Waals surface area contributed by atoms with Crippen LogP contribution in [-0.4, -0.2) is 427 Å². The van der Waals surface area contributed by atoms with Crippen LogP contribution in [0.1, 0.15) is 48.5 Å². The third-order valence-electron chi connectivity index (χ3n) is 19.4. The zero-order valence-corrected chi connectivity index (χ0v) is 55.4. The summed E-state index contributed by atoms with van der Waals surface area (Å²) in [4.78, 5) is 26.0. The van der Waals surface area contributed by atoms with Crippen molar-refractivity contribution in [2.24, 2.45) is 0 Å². The molecule has 45 atom stereocenters. The zero-order valence-electron chi connectivity index (χ0n) is 55.4. The van der Waals surface area contributed by atoms with Crippen molar-refractivity contribution in [1.29, 1.82) is 0 Å². The second-order valence-corrected chi connectivity index (χ2v) is 26.6. The lowest BCUT2D eigenvalue weighted by Gasteiger charge is -2.51. The fourth-order valence-corrected chi connectivity index (χ4v) is 13.4. The van der Waals surface area contributed by atoms with Gasteiger partial charge in [0.2, 0.25) is 11.8 Å². The van der Waals surface area contributed by atoms with E-state index in [4.69, 9.17) is 80.5 Å². The molecule has 0 saturated carbocycles. The summed E-state index contributed by atoms with van der Waals surface area (Å²) in [5, 5.41) is 250. The number of ether oxygens (including phenoxy) is 17. The third kappa shape index (κ3) is 17.4. The van der Waals surface area contributed by atoms with E-state index in [9.17, 15) is 122 Å². The number of carbonyl (C=O) groups is 2. The van der Waals surface area contributed by atoms with Gasteiger partial charge in [-0.15, -0.1) is 0 Å². The predicted octanol–water partition coefficient (Wildman–Crippen LogP) is -15.2. The van der Waals surface area contributed by atoms with Gasteiger partial charge in [-0.25, -0.2) is 0 Å². The summed E-state index contributed by atoms with van der Waals surface area (Å²) in [6.07, 6.45) is -81.5. The smallest absolute Gasteiger partial charge is 0.217 e. The van der Waals surface area contributed by atoms with Gasteiger partial charge in [-0.05, 0) is 34.6 Å². The summed E-state index contributed by atoms with van der Waals surface area (Å²) < 4.78 is 101. The molecular formula is C58H98N2O41. The molecule has 0 aromatic rings. The highest BCUT2D eigenvalue weighted by molar-refractivity contribution is 5.73.